The number of carboxylic acids is 1. The average molecular weight is 267 g/mol. The summed E-state index contributed by atoms with van der Waals surface area (Å²) in [6.45, 7) is 2.03. The molecule has 0 spiro atoms. The molecule has 1 aromatic carbocycles. The summed E-state index contributed by atoms with van der Waals surface area (Å²) in [7, 11) is 3.12. The third-order valence-electron chi connectivity index (χ3n) is 2.88. The minimum atomic E-state index is -0.855. The first kappa shape index (κ1) is 15.1. The van der Waals surface area contributed by atoms with Crippen LogP contribution >= 0.6 is 0 Å². The van der Waals surface area contributed by atoms with Gasteiger partial charge < -0.3 is 19.9 Å². The minimum Gasteiger partial charge on any atom is -0.497 e. The van der Waals surface area contributed by atoms with Crippen LogP contribution in [0, 0.1) is 0 Å². The highest BCUT2D eigenvalue weighted by atomic mass is 16.5. The number of rotatable bonds is 8. The molecule has 0 saturated carbocycles. The van der Waals surface area contributed by atoms with Crippen molar-refractivity contribution in [1.82, 2.24) is 0 Å². The summed E-state index contributed by atoms with van der Waals surface area (Å²) in [4.78, 5) is 11.2. The lowest BCUT2D eigenvalue weighted by atomic mass is 10.1. The number of aliphatic carboxylic acids is 1. The van der Waals surface area contributed by atoms with E-state index in [9.17, 15) is 9.90 Å². The molecule has 0 aliphatic heterocycles. The fourth-order valence-corrected chi connectivity index (χ4v) is 1.77. The summed E-state index contributed by atoms with van der Waals surface area (Å²) in [6, 6.07) is 4.65. The fourth-order valence-electron chi connectivity index (χ4n) is 1.77. The van der Waals surface area contributed by atoms with E-state index >= 15 is 0 Å². The second-order valence-corrected chi connectivity index (χ2v) is 4.24. The van der Waals surface area contributed by atoms with Crippen molar-refractivity contribution in [3.05, 3.63) is 18.2 Å². The fraction of sp³-hybridized carbons (Fsp3) is 0.500. The highest BCUT2D eigenvalue weighted by molar-refractivity contribution is 5.78. The van der Waals surface area contributed by atoms with Gasteiger partial charge in [0.15, 0.2) is 0 Å². The molecule has 5 nitrogen and oxygen atoms in total. The Morgan fingerprint density at radius 1 is 1.37 bits per heavy atom. The number of anilines is 1. The van der Waals surface area contributed by atoms with Crippen LogP contribution < -0.4 is 14.8 Å². The summed E-state index contributed by atoms with van der Waals surface area (Å²) in [5, 5.41) is 12.2. The number of unbranched alkanes of at least 4 members (excludes halogenated alkanes) is 1. The molecule has 0 aromatic heterocycles. The molecule has 1 aromatic rings. The molecule has 0 aliphatic carbocycles. The van der Waals surface area contributed by atoms with E-state index in [2.05, 4.69) is 5.32 Å². The number of carboxylic acid groups (broad SMARTS) is 1. The van der Waals surface area contributed by atoms with Gasteiger partial charge in [-0.1, -0.05) is 19.8 Å². The van der Waals surface area contributed by atoms with E-state index in [1.807, 2.05) is 6.92 Å². The first-order valence-corrected chi connectivity index (χ1v) is 6.33. The van der Waals surface area contributed by atoms with Gasteiger partial charge in [-0.05, 0) is 18.6 Å². The highest BCUT2D eigenvalue weighted by Crippen LogP contribution is 2.30. The van der Waals surface area contributed by atoms with E-state index in [0.717, 1.165) is 12.8 Å². The van der Waals surface area contributed by atoms with E-state index < -0.39 is 12.0 Å². The van der Waals surface area contributed by atoms with E-state index in [1.165, 1.54) is 0 Å². The van der Waals surface area contributed by atoms with Crippen LogP contribution in [0.5, 0.6) is 11.5 Å². The lowest BCUT2D eigenvalue weighted by Gasteiger charge is -2.18. The van der Waals surface area contributed by atoms with Gasteiger partial charge in [0, 0.05) is 6.07 Å². The van der Waals surface area contributed by atoms with Crippen molar-refractivity contribution in [3.63, 3.8) is 0 Å². The van der Waals surface area contributed by atoms with Crippen LogP contribution in [0.15, 0.2) is 18.2 Å². The van der Waals surface area contributed by atoms with Crippen molar-refractivity contribution >= 4 is 11.7 Å². The maximum Gasteiger partial charge on any atom is 0.326 e. The van der Waals surface area contributed by atoms with Crippen molar-refractivity contribution in [2.75, 3.05) is 19.5 Å². The van der Waals surface area contributed by atoms with Gasteiger partial charge in [0.05, 0.1) is 19.9 Å². The van der Waals surface area contributed by atoms with Crippen molar-refractivity contribution in [3.8, 4) is 11.5 Å². The van der Waals surface area contributed by atoms with Crippen molar-refractivity contribution < 1.29 is 19.4 Å². The SMILES string of the molecule is CCCCC(Nc1ccc(OC)cc1OC)C(=O)O. The second kappa shape index (κ2) is 7.51. The third kappa shape index (κ3) is 4.35. The van der Waals surface area contributed by atoms with Gasteiger partial charge in [-0.2, -0.15) is 0 Å². The van der Waals surface area contributed by atoms with Gasteiger partial charge in [0.25, 0.3) is 0 Å². The molecule has 2 N–H and O–H groups in total. The molecule has 0 radical (unpaired) electrons. The van der Waals surface area contributed by atoms with E-state index in [4.69, 9.17) is 9.47 Å². The molecular weight excluding hydrogens is 246 g/mol. The molecule has 1 atom stereocenters. The molecule has 0 bridgehead atoms. The van der Waals surface area contributed by atoms with Crippen LogP contribution in [0.25, 0.3) is 0 Å². The molecular formula is C14H21NO4. The number of nitrogens with one attached hydrogen (secondary N) is 1. The molecule has 1 unspecified atom stereocenters. The number of hydrogen-bond donors (Lipinski definition) is 2. The van der Waals surface area contributed by atoms with Crippen molar-refractivity contribution in [1.29, 1.82) is 0 Å². The molecule has 0 amide bonds. The van der Waals surface area contributed by atoms with Crippen LogP contribution in [-0.2, 0) is 4.79 Å². The maximum atomic E-state index is 11.2. The van der Waals surface area contributed by atoms with Crippen LogP contribution in [0.2, 0.25) is 0 Å². The highest BCUT2D eigenvalue weighted by Gasteiger charge is 2.18. The molecule has 5 heteroatoms. The Morgan fingerprint density at radius 2 is 2.11 bits per heavy atom. The number of methoxy groups -OCH3 is 2. The summed E-state index contributed by atoms with van der Waals surface area (Å²) < 4.78 is 10.3. The zero-order valence-corrected chi connectivity index (χ0v) is 11.6. The van der Waals surface area contributed by atoms with Crippen LogP contribution in [0.1, 0.15) is 26.2 Å². The summed E-state index contributed by atoms with van der Waals surface area (Å²) >= 11 is 0. The van der Waals surface area contributed by atoms with Crippen molar-refractivity contribution in [2.24, 2.45) is 0 Å². The first-order valence-electron chi connectivity index (χ1n) is 6.33. The number of benzene rings is 1. The maximum absolute atomic E-state index is 11.2. The Morgan fingerprint density at radius 3 is 2.63 bits per heavy atom. The van der Waals surface area contributed by atoms with E-state index in [-0.39, 0.29) is 0 Å². The standard InChI is InChI=1S/C14H21NO4/c1-4-5-6-12(14(16)17)15-11-8-7-10(18-2)9-13(11)19-3/h7-9,12,15H,4-6H2,1-3H3,(H,16,17). The molecule has 0 aliphatic rings. The van der Waals surface area contributed by atoms with Gasteiger partial charge in [0.1, 0.15) is 17.5 Å². The zero-order valence-electron chi connectivity index (χ0n) is 11.6. The van der Waals surface area contributed by atoms with Gasteiger partial charge in [-0.3, -0.25) is 0 Å². The summed E-state index contributed by atoms with van der Waals surface area (Å²) in [6.07, 6.45) is 2.41. The van der Waals surface area contributed by atoms with Gasteiger partial charge in [0.2, 0.25) is 0 Å². The summed E-state index contributed by atoms with van der Waals surface area (Å²) in [5.41, 5.74) is 0.659. The van der Waals surface area contributed by atoms with Crippen LogP contribution in [0.3, 0.4) is 0 Å². The molecule has 0 fully saturated rings. The number of ether oxygens (including phenoxy) is 2. The topological polar surface area (TPSA) is 67.8 Å². The normalized spacial score (nSPS) is 11.7. The second-order valence-electron chi connectivity index (χ2n) is 4.24. The van der Waals surface area contributed by atoms with Gasteiger partial charge in [-0.15, -0.1) is 0 Å². The Hall–Kier alpha value is -1.91. The smallest absolute Gasteiger partial charge is 0.326 e. The Labute approximate surface area is 113 Å². The molecule has 19 heavy (non-hydrogen) atoms. The average Bonchev–Trinajstić information content (AvgIpc) is 2.43. The van der Waals surface area contributed by atoms with Crippen LogP contribution in [0.4, 0.5) is 5.69 Å². The Bertz CT molecular complexity index is 420. The third-order valence-corrected chi connectivity index (χ3v) is 2.88. The lowest BCUT2D eigenvalue weighted by molar-refractivity contribution is -0.138. The summed E-state index contributed by atoms with van der Waals surface area (Å²) in [5.74, 6) is 0.385. The van der Waals surface area contributed by atoms with Crippen LogP contribution in [-0.4, -0.2) is 31.3 Å². The van der Waals surface area contributed by atoms with E-state index in [1.54, 1.807) is 32.4 Å². The first-order chi connectivity index (χ1) is 9.12. The zero-order chi connectivity index (χ0) is 14.3. The quantitative estimate of drug-likeness (QED) is 0.758. The molecule has 0 heterocycles. The molecule has 106 valence electrons. The predicted octanol–water partition coefficient (Wildman–Crippen LogP) is 2.76. The lowest BCUT2D eigenvalue weighted by Crippen LogP contribution is -2.29. The Balaban J connectivity index is 2.86. The number of hydrogen-bond acceptors (Lipinski definition) is 4. The van der Waals surface area contributed by atoms with Gasteiger partial charge >= 0.3 is 5.97 Å². The van der Waals surface area contributed by atoms with Crippen molar-refractivity contribution in [2.45, 2.75) is 32.2 Å². The molecule has 1 rings (SSSR count). The van der Waals surface area contributed by atoms with Gasteiger partial charge in [-0.25, -0.2) is 4.79 Å². The number of carbonyl (C=O) groups is 1. The largest absolute Gasteiger partial charge is 0.497 e. The van der Waals surface area contributed by atoms with E-state index in [0.29, 0.717) is 23.6 Å². The Kier molecular flexibility index (Phi) is 5.99. The minimum absolute atomic E-state index is 0.571. The monoisotopic (exact) mass is 267 g/mol. The molecule has 0 saturated heterocycles. The predicted molar refractivity (Wildman–Crippen MR) is 74.1 cm³/mol.